The van der Waals surface area contributed by atoms with E-state index < -0.39 is 0 Å². The van der Waals surface area contributed by atoms with Gasteiger partial charge in [0.15, 0.2) is 23.0 Å². The van der Waals surface area contributed by atoms with E-state index in [1.807, 2.05) is 29.8 Å². The lowest BCUT2D eigenvalue weighted by Gasteiger charge is -2.21. The summed E-state index contributed by atoms with van der Waals surface area (Å²) in [5.74, 6) is 2.56. The molecule has 1 N–H and O–H groups in total. The molecule has 234 valence electrons. The zero-order valence-corrected chi connectivity index (χ0v) is 26.8. The van der Waals surface area contributed by atoms with Gasteiger partial charge in [-0.2, -0.15) is 0 Å². The minimum absolute atomic E-state index is 0.345. The number of aromatic nitrogens is 2. The van der Waals surface area contributed by atoms with Gasteiger partial charge < -0.3 is 33.2 Å². The summed E-state index contributed by atoms with van der Waals surface area (Å²) in [6.07, 6.45) is 1.16. The Morgan fingerprint density at radius 1 is 0.750 bits per heavy atom. The number of rotatable bonds is 14. The first-order chi connectivity index (χ1) is 21.3. The summed E-state index contributed by atoms with van der Waals surface area (Å²) >= 11 is 0. The molecule has 0 aliphatic carbocycles. The fraction of sp³-hybridized carbons (Fsp3) is 0.353. The fourth-order valence-electron chi connectivity index (χ4n) is 5.24. The van der Waals surface area contributed by atoms with Gasteiger partial charge in [0.2, 0.25) is 11.7 Å². The van der Waals surface area contributed by atoms with E-state index in [1.54, 1.807) is 26.4 Å². The molecule has 1 amide bonds. The third kappa shape index (κ3) is 6.85. The van der Waals surface area contributed by atoms with Crippen molar-refractivity contribution in [2.24, 2.45) is 7.05 Å². The average Bonchev–Trinajstić information content (AvgIpc) is 3.33. The first kappa shape index (κ1) is 32.1. The summed E-state index contributed by atoms with van der Waals surface area (Å²) in [7, 11) is 9.69. The van der Waals surface area contributed by atoms with Crippen molar-refractivity contribution in [1.29, 1.82) is 0 Å². The van der Waals surface area contributed by atoms with Gasteiger partial charge in [-0.15, -0.1) is 0 Å². The van der Waals surface area contributed by atoms with Crippen LogP contribution in [0.5, 0.6) is 28.7 Å². The van der Waals surface area contributed by atoms with Crippen LogP contribution in [0, 0.1) is 0 Å². The number of hydrogen-bond acceptors (Lipinski definition) is 8. The molecule has 0 saturated carbocycles. The van der Waals surface area contributed by atoms with E-state index in [0.717, 1.165) is 35.6 Å². The average molecular weight is 603 g/mol. The number of carbonyl (C=O) groups is 1. The Hall–Kier alpha value is -4.86. The van der Waals surface area contributed by atoms with Crippen LogP contribution in [0.25, 0.3) is 0 Å². The third-order valence-electron chi connectivity index (χ3n) is 7.70. The predicted octanol–water partition coefficient (Wildman–Crippen LogP) is 5.74. The van der Waals surface area contributed by atoms with Gasteiger partial charge in [0.1, 0.15) is 0 Å². The molecule has 3 aromatic carbocycles. The Labute approximate surface area is 259 Å². The molecule has 0 saturated heterocycles. The van der Waals surface area contributed by atoms with Gasteiger partial charge in [0.25, 0.3) is 5.91 Å². The van der Waals surface area contributed by atoms with Crippen molar-refractivity contribution in [3.05, 3.63) is 82.7 Å². The lowest BCUT2D eigenvalue weighted by Crippen LogP contribution is -2.21. The highest BCUT2D eigenvalue weighted by atomic mass is 16.5. The molecule has 0 atom stereocenters. The molecule has 44 heavy (non-hydrogen) atoms. The Bertz CT molecular complexity index is 1550. The molecule has 0 spiro atoms. The van der Waals surface area contributed by atoms with E-state index in [1.165, 1.54) is 27.0 Å². The van der Waals surface area contributed by atoms with Crippen LogP contribution in [0.3, 0.4) is 0 Å². The molecule has 0 radical (unpaired) electrons. The van der Waals surface area contributed by atoms with Gasteiger partial charge in [0, 0.05) is 49.9 Å². The number of hydrogen-bond donors (Lipinski definition) is 1. The molecule has 0 unspecified atom stereocenters. The van der Waals surface area contributed by atoms with Crippen LogP contribution in [-0.4, -0.2) is 64.1 Å². The van der Waals surface area contributed by atoms with Gasteiger partial charge in [-0.1, -0.05) is 18.2 Å². The number of methoxy groups -OCH3 is 5. The number of benzene rings is 3. The highest BCUT2D eigenvalue weighted by Gasteiger charge is 2.21. The molecule has 10 nitrogen and oxygen atoms in total. The summed E-state index contributed by atoms with van der Waals surface area (Å²) in [4.78, 5) is 20.7. The summed E-state index contributed by atoms with van der Waals surface area (Å²) in [6.45, 7) is 6.20. The molecular formula is C34H42N4O6. The van der Waals surface area contributed by atoms with Crippen LogP contribution in [0.4, 0.5) is 11.6 Å². The van der Waals surface area contributed by atoms with Gasteiger partial charge in [-0.05, 0) is 61.4 Å². The Kier molecular flexibility index (Phi) is 10.6. The van der Waals surface area contributed by atoms with Gasteiger partial charge in [-0.3, -0.25) is 10.1 Å². The highest BCUT2D eigenvalue weighted by Crippen LogP contribution is 2.38. The number of nitrogens with one attached hydrogen (secondary N) is 1. The van der Waals surface area contributed by atoms with Crippen molar-refractivity contribution in [1.82, 2.24) is 9.55 Å². The summed E-state index contributed by atoms with van der Waals surface area (Å²) in [6, 6.07) is 17.7. The zero-order valence-electron chi connectivity index (χ0n) is 26.8. The molecule has 4 rings (SSSR count). The van der Waals surface area contributed by atoms with Gasteiger partial charge in [-0.25, -0.2) is 4.98 Å². The number of amides is 1. The lowest BCUT2D eigenvalue weighted by molar-refractivity contribution is 0.102. The third-order valence-corrected chi connectivity index (χ3v) is 7.70. The summed E-state index contributed by atoms with van der Waals surface area (Å²) in [5.41, 5.74) is 5.50. The highest BCUT2D eigenvalue weighted by molar-refractivity contribution is 6.04. The predicted molar refractivity (Wildman–Crippen MR) is 172 cm³/mol. The van der Waals surface area contributed by atoms with Crippen LogP contribution in [-0.2, 0) is 19.9 Å². The fourth-order valence-corrected chi connectivity index (χ4v) is 5.24. The standard InChI is InChI=1S/C34H42N4O6/c1-9-38(10-2)25-14-11-22(12-15-25)18-27-26(17-23-13-16-28(40-4)29(19-23)41-5)35-34(37(27)3)36-33(39)24-20-30(42-6)32(44-8)31(21-24)43-7/h11-16,19-21H,9-10,17-18H2,1-8H3,(H,35,36,39). The van der Waals surface area contributed by atoms with E-state index in [0.29, 0.717) is 53.1 Å². The number of imidazole rings is 1. The molecule has 4 aromatic rings. The largest absolute Gasteiger partial charge is 0.493 e. The number of nitrogens with zero attached hydrogens (tertiary/aromatic N) is 3. The van der Waals surface area contributed by atoms with E-state index in [9.17, 15) is 4.79 Å². The summed E-state index contributed by atoms with van der Waals surface area (Å²) < 4.78 is 29.2. The molecule has 0 fully saturated rings. The molecular weight excluding hydrogens is 560 g/mol. The first-order valence-corrected chi connectivity index (χ1v) is 14.5. The second kappa shape index (κ2) is 14.5. The second-order valence-corrected chi connectivity index (χ2v) is 10.1. The second-order valence-electron chi connectivity index (χ2n) is 10.1. The van der Waals surface area contributed by atoms with Gasteiger partial charge >= 0.3 is 0 Å². The van der Waals surface area contributed by atoms with E-state index in [-0.39, 0.29) is 5.91 Å². The van der Waals surface area contributed by atoms with Crippen molar-refractivity contribution >= 4 is 17.5 Å². The molecule has 0 aliphatic rings. The van der Waals surface area contributed by atoms with Crippen molar-refractivity contribution in [3.8, 4) is 28.7 Å². The molecule has 1 heterocycles. The SMILES string of the molecule is CCN(CC)c1ccc(Cc2c(Cc3ccc(OC)c(OC)c3)nc(NC(=O)c3cc(OC)c(OC)c(OC)c3)n2C)cc1. The monoisotopic (exact) mass is 602 g/mol. The minimum atomic E-state index is -0.356. The van der Waals surface area contributed by atoms with Crippen molar-refractivity contribution in [2.75, 3.05) is 58.9 Å². The van der Waals surface area contributed by atoms with Crippen LogP contribution >= 0.6 is 0 Å². The summed E-state index contributed by atoms with van der Waals surface area (Å²) in [5, 5.41) is 2.99. The lowest BCUT2D eigenvalue weighted by atomic mass is 10.0. The van der Waals surface area contributed by atoms with Crippen LogP contribution in [0.1, 0.15) is 46.7 Å². The molecule has 0 aliphatic heterocycles. The van der Waals surface area contributed by atoms with Crippen molar-refractivity contribution in [3.63, 3.8) is 0 Å². The quantitative estimate of drug-likeness (QED) is 0.195. The maximum atomic E-state index is 13.5. The van der Waals surface area contributed by atoms with Crippen LogP contribution in [0.2, 0.25) is 0 Å². The topological polar surface area (TPSA) is 96.3 Å². The van der Waals surface area contributed by atoms with Crippen molar-refractivity contribution in [2.45, 2.75) is 26.7 Å². The Morgan fingerprint density at radius 2 is 1.34 bits per heavy atom. The van der Waals surface area contributed by atoms with Crippen LogP contribution < -0.4 is 33.9 Å². The first-order valence-electron chi connectivity index (χ1n) is 14.5. The number of carbonyl (C=O) groups excluding carboxylic acids is 1. The van der Waals surface area contributed by atoms with E-state index >= 15 is 0 Å². The van der Waals surface area contributed by atoms with E-state index in [2.05, 4.69) is 48.3 Å². The number of ether oxygens (including phenoxy) is 5. The zero-order chi connectivity index (χ0) is 31.8. The smallest absolute Gasteiger partial charge is 0.258 e. The Morgan fingerprint density at radius 3 is 1.89 bits per heavy atom. The Balaban J connectivity index is 1.71. The van der Waals surface area contributed by atoms with Crippen LogP contribution in [0.15, 0.2) is 54.6 Å². The normalized spacial score (nSPS) is 10.7. The van der Waals surface area contributed by atoms with Crippen molar-refractivity contribution < 1.29 is 28.5 Å². The molecule has 10 heteroatoms. The molecule has 1 aromatic heterocycles. The van der Waals surface area contributed by atoms with E-state index in [4.69, 9.17) is 28.7 Å². The van der Waals surface area contributed by atoms with Gasteiger partial charge in [0.05, 0.1) is 41.2 Å². The maximum absolute atomic E-state index is 13.5. The number of anilines is 2. The minimum Gasteiger partial charge on any atom is -0.493 e. The maximum Gasteiger partial charge on any atom is 0.258 e. The molecule has 0 bridgehead atoms.